The number of fused-ring (bicyclic) bond motifs is 1. The minimum Gasteiger partial charge on any atom is -0.339 e. The van der Waals surface area contributed by atoms with Crippen LogP contribution in [0.25, 0.3) is 10.2 Å². The van der Waals surface area contributed by atoms with E-state index in [-0.39, 0.29) is 12.3 Å². The van der Waals surface area contributed by atoms with Gasteiger partial charge in [-0.25, -0.2) is 4.98 Å². The van der Waals surface area contributed by atoms with E-state index in [4.69, 9.17) is 16.1 Å². The monoisotopic (exact) mass is 430 g/mol. The van der Waals surface area contributed by atoms with Crippen molar-refractivity contribution < 1.29 is 9.32 Å². The van der Waals surface area contributed by atoms with Crippen LogP contribution in [0.15, 0.2) is 57.4 Å². The summed E-state index contributed by atoms with van der Waals surface area (Å²) < 4.78 is 7.36. The Kier molecular flexibility index (Phi) is 5.90. The van der Waals surface area contributed by atoms with Gasteiger partial charge in [0, 0.05) is 23.6 Å². The van der Waals surface area contributed by atoms with E-state index in [9.17, 15) is 4.79 Å². The highest BCUT2D eigenvalue weighted by molar-refractivity contribution is 8.00. The van der Waals surface area contributed by atoms with Crippen LogP contribution in [-0.4, -0.2) is 21.0 Å². The number of halogens is 1. The average molecular weight is 431 g/mol. The van der Waals surface area contributed by atoms with Crippen LogP contribution in [0.1, 0.15) is 18.1 Å². The van der Waals surface area contributed by atoms with E-state index in [0.29, 0.717) is 34.6 Å². The van der Waals surface area contributed by atoms with Gasteiger partial charge in [0.2, 0.25) is 11.8 Å². The molecule has 4 aromatic rings. The molecule has 0 fully saturated rings. The normalized spacial score (nSPS) is 11.0. The summed E-state index contributed by atoms with van der Waals surface area (Å²) in [4.78, 5) is 21.0. The zero-order valence-corrected chi connectivity index (χ0v) is 17.0. The summed E-state index contributed by atoms with van der Waals surface area (Å²) in [7, 11) is 0. The topological polar surface area (TPSA) is 80.9 Å². The zero-order chi connectivity index (χ0) is 19.3. The predicted molar refractivity (Wildman–Crippen MR) is 112 cm³/mol. The number of anilines is 1. The number of rotatable bonds is 7. The number of hydrogen-bond acceptors (Lipinski definition) is 7. The lowest BCUT2D eigenvalue weighted by molar-refractivity contribution is -0.116. The van der Waals surface area contributed by atoms with Crippen molar-refractivity contribution in [2.75, 3.05) is 5.32 Å². The molecule has 142 valence electrons. The number of aromatic nitrogens is 3. The van der Waals surface area contributed by atoms with Crippen LogP contribution in [-0.2, 0) is 17.0 Å². The highest BCUT2D eigenvalue weighted by Crippen LogP contribution is 2.30. The number of thiazole rings is 1. The molecule has 0 aliphatic rings. The van der Waals surface area contributed by atoms with E-state index in [0.717, 1.165) is 14.6 Å². The summed E-state index contributed by atoms with van der Waals surface area (Å²) in [5.74, 6) is 1.47. The fourth-order valence-electron chi connectivity index (χ4n) is 2.50. The Balaban J connectivity index is 1.27. The highest BCUT2D eigenvalue weighted by atomic mass is 35.5. The molecule has 0 bridgehead atoms. The zero-order valence-electron chi connectivity index (χ0n) is 14.6. The second-order valence-electron chi connectivity index (χ2n) is 5.90. The third-order valence-electron chi connectivity index (χ3n) is 3.78. The van der Waals surface area contributed by atoms with Crippen LogP contribution in [0, 0.1) is 0 Å². The largest absolute Gasteiger partial charge is 0.339 e. The van der Waals surface area contributed by atoms with E-state index in [1.165, 1.54) is 0 Å². The molecule has 4 rings (SSSR count). The van der Waals surface area contributed by atoms with Crippen LogP contribution < -0.4 is 5.32 Å². The smallest absolute Gasteiger partial charge is 0.227 e. The first-order chi connectivity index (χ1) is 13.7. The molecule has 6 nitrogen and oxygen atoms in total. The molecule has 0 unspecified atom stereocenters. The molecule has 9 heteroatoms. The fourth-order valence-corrected chi connectivity index (χ4v) is 4.60. The van der Waals surface area contributed by atoms with Gasteiger partial charge in [0.25, 0.3) is 0 Å². The second-order valence-corrected chi connectivity index (χ2v) is 8.59. The van der Waals surface area contributed by atoms with Crippen molar-refractivity contribution in [1.82, 2.24) is 15.1 Å². The van der Waals surface area contributed by atoms with E-state index in [1.54, 1.807) is 47.4 Å². The van der Waals surface area contributed by atoms with Gasteiger partial charge in [-0.3, -0.25) is 4.79 Å². The second kappa shape index (κ2) is 8.72. The lowest BCUT2D eigenvalue weighted by Gasteiger charge is -2.04. The lowest BCUT2D eigenvalue weighted by atomic mass is 10.2. The molecule has 0 aliphatic carbocycles. The van der Waals surface area contributed by atoms with Crippen molar-refractivity contribution in [3.8, 4) is 0 Å². The number of para-hydroxylation sites is 1. The van der Waals surface area contributed by atoms with Crippen LogP contribution in [0.2, 0.25) is 5.02 Å². The van der Waals surface area contributed by atoms with Crippen molar-refractivity contribution in [3.05, 3.63) is 65.3 Å². The van der Waals surface area contributed by atoms with Gasteiger partial charge in [-0.15, -0.1) is 11.3 Å². The van der Waals surface area contributed by atoms with Gasteiger partial charge in [-0.05, 0) is 30.3 Å². The maximum absolute atomic E-state index is 12.0. The van der Waals surface area contributed by atoms with E-state index in [2.05, 4.69) is 26.5 Å². The number of benzene rings is 2. The Morgan fingerprint density at radius 3 is 2.93 bits per heavy atom. The third-order valence-corrected chi connectivity index (χ3v) is 6.19. The molecule has 0 atom stereocenters. The van der Waals surface area contributed by atoms with Crippen molar-refractivity contribution in [1.29, 1.82) is 0 Å². The molecule has 2 aromatic heterocycles. The molecule has 28 heavy (non-hydrogen) atoms. The lowest BCUT2D eigenvalue weighted by Crippen LogP contribution is -2.12. The third kappa shape index (κ3) is 4.89. The number of hydrogen-bond donors (Lipinski definition) is 1. The van der Waals surface area contributed by atoms with Gasteiger partial charge in [-0.2, -0.15) is 4.98 Å². The molecule has 0 spiro atoms. The molecule has 0 aliphatic heterocycles. The van der Waals surface area contributed by atoms with E-state index in [1.807, 2.05) is 18.2 Å². The number of thioether (sulfide) groups is 1. The summed E-state index contributed by atoms with van der Waals surface area (Å²) in [5.41, 5.74) is 1.66. The summed E-state index contributed by atoms with van der Waals surface area (Å²) in [6, 6.07) is 15.1. The maximum Gasteiger partial charge on any atom is 0.227 e. The Morgan fingerprint density at radius 1 is 1.18 bits per heavy atom. The van der Waals surface area contributed by atoms with Gasteiger partial charge in [0.1, 0.15) is 0 Å². The predicted octanol–water partition coefficient (Wildman–Crippen LogP) is 5.20. The standard InChI is InChI=1S/C19H15ClN4O2S2/c20-12-4-3-5-13(10-12)21-17(25)8-9-18-23-16(24-26-18)11-27-19-22-14-6-1-2-7-15(14)28-19/h1-7,10H,8-9,11H2,(H,21,25). The first-order valence-electron chi connectivity index (χ1n) is 8.51. The average Bonchev–Trinajstić information content (AvgIpc) is 3.31. The molecule has 1 amide bonds. The van der Waals surface area contributed by atoms with Crippen LogP contribution in [0.5, 0.6) is 0 Å². The van der Waals surface area contributed by atoms with Crippen LogP contribution >= 0.6 is 34.7 Å². The van der Waals surface area contributed by atoms with Crippen molar-refractivity contribution in [2.45, 2.75) is 22.9 Å². The van der Waals surface area contributed by atoms with E-state index < -0.39 is 0 Å². The van der Waals surface area contributed by atoms with Gasteiger partial charge < -0.3 is 9.84 Å². The minimum atomic E-state index is -0.133. The number of nitrogens with one attached hydrogen (secondary N) is 1. The highest BCUT2D eigenvalue weighted by Gasteiger charge is 2.11. The fraction of sp³-hybridized carbons (Fsp3) is 0.158. The Morgan fingerprint density at radius 2 is 2.07 bits per heavy atom. The van der Waals surface area contributed by atoms with Gasteiger partial charge >= 0.3 is 0 Å². The molecular weight excluding hydrogens is 416 g/mol. The SMILES string of the molecule is O=C(CCc1nc(CSc2nc3ccccc3s2)no1)Nc1cccc(Cl)c1. The number of carbonyl (C=O) groups excluding carboxylic acids is 1. The summed E-state index contributed by atoms with van der Waals surface area (Å²) >= 11 is 9.12. The maximum atomic E-state index is 12.0. The first-order valence-corrected chi connectivity index (χ1v) is 10.7. The molecule has 0 saturated heterocycles. The van der Waals surface area contributed by atoms with Crippen LogP contribution in [0.4, 0.5) is 5.69 Å². The van der Waals surface area contributed by atoms with E-state index >= 15 is 0 Å². The Bertz CT molecular complexity index is 1080. The summed E-state index contributed by atoms with van der Waals surface area (Å²) in [6.45, 7) is 0. The quantitative estimate of drug-likeness (QED) is 0.406. The molecule has 2 heterocycles. The molecule has 0 radical (unpaired) electrons. The molecule has 1 N–H and O–H groups in total. The Hall–Kier alpha value is -2.42. The van der Waals surface area contributed by atoms with Gasteiger partial charge in [0.05, 0.1) is 16.0 Å². The molecular formula is C19H15ClN4O2S2. The number of carbonyl (C=O) groups is 1. The summed E-state index contributed by atoms with van der Waals surface area (Å²) in [5, 5.41) is 7.35. The van der Waals surface area contributed by atoms with Gasteiger partial charge in [-0.1, -0.05) is 46.7 Å². The molecule has 2 aromatic carbocycles. The van der Waals surface area contributed by atoms with Crippen molar-refractivity contribution in [3.63, 3.8) is 0 Å². The Labute approximate surface area is 174 Å². The van der Waals surface area contributed by atoms with Crippen molar-refractivity contribution >= 4 is 56.5 Å². The van der Waals surface area contributed by atoms with Gasteiger partial charge in [0.15, 0.2) is 10.2 Å². The van der Waals surface area contributed by atoms with Crippen molar-refractivity contribution in [2.24, 2.45) is 0 Å². The number of amides is 1. The first kappa shape index (κ1) is 18.9. The minimum absolute atomic E-state index is 0.133. The number of aryl methyl sites for hydroxylation is 1. The van der Waals surface area contributed by atoms with Crippen LogP contribution in [0.3, 0.4) is 0 Å². The summed E-state index contributed by atoms with van der Waals surface area (Å²) in [6.07, 6.45) is 0.629. The number of nitrogens with zero attached hydrogens (tertiary/aromatic N) is 3. The molecule has 0 saturated carbocycles.